The van der Waals surface area contributed by atoms with Gasteiger partial charge >= 0.3 is 5.22 Å². The van der Waals surface area contributed by atoms with Crippen LogP contribution in [0, 0.1) is 0 Å². The first-order chi connectivity index (χ1) is 10.8. The van der Waals surface area contributed by atoms with E-state index in [1.807, 2.05) is 0 Å². The highest BCUT2D eigenvalue weighted by atomic mass is 35.5. The Kier molecular flexibility index (Phi) is 5.17. The summed E-state index contributed by atoms with van der Waals surface area (Å²) in [6.07, 6.45) is 3.92. The van der Waals surface area contributed by atoms with Gasteiger partial charge in [-0.2, -0.15) is 0 Å². The van der Waals surface area contributed by atoms with Gasteiger partial charge in [-0.1, -0.05) is 28.8 Å². The Hall–Kier alpha value is -2.19. The van der Waals surface area contributed by atoms with Crippen LogP contribution in [-0.4, -0.2) is 30.8 Å². The summed E-state index contributed by atoms with van der Waals surface area (Å²) in [5.41, 5.74) is 0.814. The Morgan fingerprint density at radius 3 is 2.52 bits per heavy atom. The minimum absolute atomic E-state index is 0.0127. The summed E-state index contributed by atoms with van der Waals surface area (Å²) in [6.45, 7) is 1.60. The molecule has 0 saturated heterocycles. The highest BCUT2D eigenvalue weighted by Crippen LogP contribution is 2.14. The fraction of sp³-hybridized carbons (Fsp3) is 0.214. The summed E-state index contributed by atoms with van der Waals surface area (Å²) in [5, 5.41) is 9.77. The summed E-state index contributed by atoms with van der Waals surface area (Å²) in [7, 11) is -3.57. The fourth-order valence-corrected chi connectivity index (χ4v) is 2.17. The first kappa shape index (κ1) is 17.2. The maximum absolute atomic E-state index is 11.8. The molecule has 1 N–H and O–H groups in total. The molecule has 0 aliphatic rings. The van der Waals surface area contributed by atoms with Crippen molar-refractivity contribution in [2.24, 2.45) is 0 Å². The van der Waals surface area contributed by atoms with E-state index in [1.165, 1.54) is 6.08 Å². The Bertz CT molecular complexity index is 828. The second kappa shape index (κ2) is 6.93. The van der Waals surface area contributed by atoms with Crippen molar-refractivity contribution < 1.29 is 17.6 Å². The van der Waals surface area contributed by atoms with E-state index >= 15 is 0 Å². The number of amides is 1. The lowest BCUT2D eigenvalue weighted by molar-refractivity contribution is -0.117. The van der Waals surface area contributed by atoms with Crippen molar-refractivity contribution in [3.05, 3.63) is 46.8 Å². The van der Waals surface area contributed by atoms with Crippen molar-refractivity contribution in [2.75, 3.05) is 6.26 Å². The number of benzene rings is 1. The average molecular weight is 356 g/mol. The van der Waals surface area contributed by atoms with Crippen molar-refractivity contribution in [1.29, 1.82) is 0 Å². The predicted octanol–water partition coefficient (Wildman–Crippen LogP) is 2.02. The van der Waals surface area contributed by atoms with Gasteiger partial charge in [0.15, 0.2) is 0 Å². The average Bonchev–Trinajstić information content (AvgIpc) is 2.96. The molecule has 9 heteroatoms. The molecular weight excluding hydrogens is 342 g/mol. The van der Waals surface area contributed by atoms with Crippen LogP contribution in [0.3, 0.4) is 0 Å². The molecular formula is C14H14ClN3O4S. The SMILES string of the molecule is C[C@H](NC(=O)/C=C/c1ccc(Cl)cc1)c1nnc(S(C)(=O)=O)o1. The number of rotatable bonds is 5. The van der Waals surface area contributed by atoms with Gasteiger partial charge in [-0.3, -0.25) is 4.79 Å². The van der Waals surface area contributed by atoms with Gasteiger partial charge in [-0.05, 0) is 30.7 Å². The molecule has 1 aromatic carbocycles. The lowest BCUT2D eigenvalue weighted by Crippen LogP contribution is -2.24. The van der Waals surface area contributed by atoms with Gasteiger partial charge < -0.3 is 9.73 Å². The number of nitrogens with one attached hydrogen (secondary N) is 1. The molecule has 0 fully saturated rings. The van der Waals surface area contributed by atoms with Gasteiger partial charge in [-0.15, -0.1) is 5.10 Å². The van der Waals surface area contributed by atoms with Crippen LogP contribution in [0.4, 0.5) is 0 Å². The van der Waals surface area contributed by atoms with E-state index in [2.05, 4.69) is 15.5 Å². The molecule has 0 bridgehead atoms. The number of hydrogen-bond donors (Lipinski definition) is 1. The van der Waals surface area contributed by atoms with E-state index in [4.69, 9.17) is 16.0 Å². The number of halogens is 1. The first-order valence-corrected chi connectivity index (χ1v) is 8.80. The Morgan fingerprint density at radius 2 is 1.96 bits per heavy atom. The molecule has 0 saturated carbocycles. The van der Waals surface area contributed by atoms with E-state index in [9.17, 15) is 13.2 Å². The van der Waals surface area contributed by atoms with Gasteiger partial charge in [0, 0.05) is 17.4 Å². The van der Waals surface area contributed by atoms with Crippen molar-refractivity contribution in [2.45, 2.75) is 18.2 Å². The Morgan fingerprint density at radius 1 is 1.30 bits per heavy atom. The number of carbonyl (C=O) groups is 1. The van der Waals surface area contributed by atoms with Gasteiger partial charge in [-0.25, -0.2) is 8.42 Å². The van der Waals surface area contributed by atoms with Gasteiger partial charge in [0.2, 0.25) is 21.6 Å². The van der Waals surface area contributed by atoms with Gasteiger partial charge in [0.1, 0.15) is 6.04 Å². The molecule has 1 aromatic heterocycles. The molecule has 1 atom stereocenters. The summed E-state index contributed by atoms with van der Waals surface area (Å²) >= 11 is 5.78. The predicted molar refractivity (Wildman–Crippen MR) is 84.5 cm³/mol. The molecule has 0 radical (unpaired) electrons. The summed E-state index contributed by atoms with van der Waals surface area (Å²) in [6, 6.07) is 6.35. The third-order valence-electron chi connectivity index (χ3n) is 2.77. The van der Waals surface area contributed by atoms with Crippen LogP contribution >= 0.6 is 11.6 Å². The minimum Gasteiger partial charge on any atom is -0.410 e. The van der Waals surface area contributed by atoms with Crippen LogP contribution in [0.25, 0.3) is 6.08 Å². The van der Waals surface area contributed by atoms with Gasteiger partial charge in [0.05, 0.1) is 0 Å². The van der Waals surface area contributed by atoms with Crippen LogP contribution in [0.1, 0.15) is 24.4 Å². The number of nitrogens with zero attached hydrogens (tertiary/aromatic N) is 2. The summed E-state index contributed by atoms with van der Waals surface area (Å²) in [5.74, 6) is -0.370. The second-order valence-corrected chi connectivity index (χ2v) is 7.12. The molecule has 0 aliphatic carbocycles. The van der Waals surface area contributed by atoms with E-state index in [-0.39, 0.29) is 11.8 Å². The van der Waals surface area contributed by atoms with Crippen LogP contribution in [0.2, 0.25) is 5.02 Å². The highest BCUT2D eigenvalue weighted by molar-refractivity contribution is 7.90. The first-order valence-electron chi connectivity index (χ1n) is 6.53. The standard InChI is InChI=1S/C14H14ClN3O4S/c1-9(13-17-18-14(22-13)23(2,20)21)16-12(19)8-5-10-3-6-11(15)7-4-10/h3-9H,1-2H3,(H,16,19)/b8-5+/t9-/m0/s1. The Balaban J connectivity index is 1.99. The number of carbonyl (C=O) groups excluding carboxylic acids is 1. The molecule has 0 aliphatic heterocycles. The third-order valence-corrected chi connectivity index (χ3v) is 3.82. The lowest BCUT2D eigenvalue weighted by atomic mass is 10.2. The zero-order valence-corrected chi connectivity index (χ0v) is 13.9. The molecule has 2 rings (SSSR count). The molecule has 122 valence electrons. The normalized spacial score (nSPS) is 13.2. The number of hydrogen-bond acceptors (Lipinski definition) is 6. The Labute approximate surface area is 138 Å². The zero-order valence-electron chi connectivity index (χ0n) is 12.4. The van der Waals surface area contributed by atoms with E-state index in [0.717, 1.165) is 11.8 Å². The molecule has 23 heavy (non-hydrogen) atoms. The van der Waals surface area contributed by atoms with Crippen LogP contribution < -0.4 is 5.32 Å². The highest BCUT2D eigenvalue weighted by Gasteiger charge is 2.20. The second-order valence-electron chi connectivity index (χ2n) is 4.79. The minimum atomic E-state index is -3.57. The number of aromatic nitrogens is 2. The van der Waals surface area contributed by atoms with Crippen molar-refractivity contribution in [3.8, 4) is 0 Å². The molecule has 7 nitrogen and oxygen atoms in total. The molecule has 0 spiro atoms. The maximum atomic E-state index is 11.8. The van der Waals surface area contributed by atoms with Crippen LogP contribution in [0.5, 0.6) is 0 Å². The van der Waals surface area contributed by atoms with Gasteiger partial charge in [0.25, 0.3) is 0 Å². The summed E-state index contributed by atoms with van der Waals surface area (Å²) in [4.78, 5) is 11.8. The van der Waals surface area contributed by atoms with Crippen molar-refractivity contribution in [1.82, 2.24) is 15.5 Å². The molecule has 1 amide bonds. The molecule has 1 heterocycles. The van der Waals surface area contributed by atoms with Crippen molar-refractivity contribution in [3.63, 3.8) is 0 Å². The van der Waals surface area contributed by atoms with Crippen LogP contribution in [0.15, 0.2) is 40.0 Å². The molecule has 0 unspecified atom stereocenters. The van der Waals surface area contributed by atoms with Crippen molar-refractivity contribution >= 4 is 33.4 Å². The molecule has 2 aromatic rings. The maximum Gasteiger partial charge on any atom is 0.335 e. The van der Waals surface area contributed by atoms with E-state index in [0.29, 0.717) is 5.02 Å². The largest absolute Gasteiger partial charge is 0.410 e. The smallest absolute Gasteiger partial charge is 0.335 e. The van der Waals surface area contributed by atoms with E-state index in [1.54, 1.807) is 37.3 Å². The van der Waals surface area contributed by atoms with E-state index < -0.39 is 21.1 Å². The monoisotopic (exact) mass is 355 g/mol. The lowest BCUT2D eigenvalue weighted by Gasteiger charge is -2.07. The number of sulfone groups is 1. The fourth-order valence-electron chi connectivity index (χ4n) is 1.61. The van der Waals surface area contributed by atoms with Crippen LogP contribution in [-0.2, 0) is 14.6 Å². The summed E-state index contributed by atoms with van der Waals surface area (Å²) < 4.78 is 27.6. The quantitative estimate of drug-likeness (QED) is 0.823. The topological polar surface area (TPSA) is 102 Å². The zero-order chi connectivity index (χ0) is 17.0. The third kappa shape index (κ3) is 4.90.